The molecule has 0 fully saturated rings. The van der Waals surface area contributed by atoms with E-state index in [1.165, 1.54) is 0 Å². The topological polar surface area (TPSA) is 49.0 Å². The molecule has 0 heterocycles. The first kappa shape index (κ1) is 28.8. The predicted molar refractivity (Wildman–Crippen MR) is 123 cm³/mol. The van der Waals surface area contributed by atoms with Gasteiger partial charge in [0.25, 0.3) is 0 Å². The molecule has 5 nitrogen and oxygen atoms in total. The molecule has 3 atom stereocenters. The van der Waals surface area contributed by atoms with Crippen molar-refractivity contribution in [2.75, 3.05) is 13.2 Å². The van der Waals surface area contributed by atoms with Gasteiger partial charge in [0.05, 0.1) is 35.6 Å². The minimum Gasteiger partial charge on any atom is -0.373 e. The first-order valence-corrected chi connectivity index (χ1v) is 11.1. The minimum atomic E-state index is -0.325. The average Bonchev–Trinajstić information content (AvgIpc) is 2.41. The molecule has 0 saturated carbocycles. The second-order valence-electron chi connectivity index (χ2n) is 12.2. The molecule has 0 saturated heterocycles. The van der Waals surface area contributed by atoms with Gasteiger partial charge in [-0.15, -0.1) is 0 Å². The molecule has 0 radical (unpaired) electrons. The molecule has 0 aromatic carbocycles. The van der Waals surface area contributed by atoms with Gasteiger partial charge in [-0.25, -0.2) is 0 Å². The van der Waals surface area contributed by atoms with Gasteiger partial charge in [-0.05, 0) is 96.9 Å². The molecule has 0 spiro atoms. The highest BCUT2D eigenvalue weighted by Crippen LogP contribution is 2.25. The summed E-state index contributed by atoms with van der Waals surface area (Å²) in [6.45, 7) is 30.3. The van der Waals surface area contributed by atoms with Gasteiger partial charge < -0.3 is 24.3 Å². The van der Waals surface area contributed by atoms with Crippen molar-refractivity contribution in [3.63, 3.8) is 0 Å². The van der Waals surface area contributed by atoms with Crippen molar-refractivity contribution in [3.05, 3.63) is 0 Å². The molecule has 5 heteroatoms. The molecular weight excluding hydrogens is 366 g/mol. The predicted octanol–water partition coefficient (Wildman–Crippen LogP) is 5.35. The van der Waals surface area contributed by atoms with E-state index in [-0.39, 0.29) is 46.8 Å². The molecule has 0 amide bonds. The summed E-state index contributed by atoms with van der Waals surface area (Å²) in [6.07, 6.45) is -0.676. The van der Waals surface area contributed by atoms with Crippen molar-refractivity contribution >= 4 is 0 Å². The summed E-state index contributed by atoms with van der Waals surface area (Å²) in [5.74, 6) is 0. The van der Waals surface area contributed by atoms with Crippen LogP contribution in [0.1, 0.15) is 96.9 Å². The standard InChI is InChI=1S/C24H51NO4/c1-17(2)27-20(18(28-23(9,10)11)15-25-21(3,4)5)19(29-24(12,13)14)16-26-22(6,7)8/h17-20,25H,15-16H2,1-14H3/t18-,19+,20-/m0/s1. The average molecular weight is 418 g/mol. The molecular formula is C24H51NO4. The Morgan fingerprint density at radius 1 is 0.655 bits per heavy atom. The zero-order valence-corrected chi connectivity index (χ0v) is 21.9. The van der Waals surface area contributed by atoms with Crippen LogP contribution in [0.5, 0.6) is 0 Å². The first-order chi connectivity index (χ1) is 12.7. The Kier molecular flexibility index (Phi) is 10.8. The van der Waals surface area contributed by atoms with Gasteiger partial charge in [0, 0.05) is 12.1 Å². The third-order valence-corrected chi connectivity index (χ3v) is 3.69. The van der Waals surface area contributed by atoms with Crippen LogP contribution in [0, 0.1) is 0 Å². The molecule has 176 valence electrons. The molecule has 0 bridgehead atoms. The zero-order chi connectivity index (χ0) is 23.3. The van der Waals surface area contributed by atoms with Crippen LogP contribution in [0.2, 0.25) is 0 Å². The van der Waals surface area contributed by atoms with E-state index in [1.807, 2.05) is 0 Å². The summed E-state index contributed by atoms with van der Waals surface area (Å²) in [4.78, 5) is 0. The van der Waals surface area contributed by atoms with Crippen LogP contribution in [0.3, 0.4) is 0 Å². The van der Waals surface area contributed by atoms with Gasteiger partial charge in [0.1, 0.15) is 12.2 Å². The molecule has 0 aromatic heterocycles. The molecule has 0 aliphatic rings. The SMILES string of the molecule is CC(C)O[C@@H]([C@H](CNC(C)(C)C)OC(C)(C)C)[C@@H](COC(C)(C)C)OC(C)(C)C. The lowest BCUT2D eigenvalue weighted by Crippen LogP contribution is -2.55. The minimum absolute atomic E-state index is 0.0236. The maximum Gasteiger partial charge on any atom is 0.114 e. The Balaban J connectivity index is 5.90. The van der Waals surface area contributed by atoms with E-state index >= 15 is 0 Å². The van der Waals surface area contributed by atoms with Crippen molar-refractivity contribution in [1.29, 1.82) is 0 Å². The van der Waals surface area contributed by atoms with Crippen molar-refractivity contribution < 1.29 is 18.9 Å². The molecule has 0 rings (SSSR count). The molecule has 0 aromatic rings. The fourth-order valence-corrected chi connectivity index (χ4v) is 2.80. The number of rotatable bonds is 10. The molecule has 0 aliphatic carbocycles. The summed E-state index contributed by atoms with van der Waals surface area (Å²) in [5.41, 5.74) is -0.912. The molecule has 0 unspecified atom stereocenters. The highest BCUT2D eigenvalue weighted by Gasteiger charge is 2.38. The van der Waals surface area contributed by atoms with Crippen molar-refractivity contribution in [1.82, 2.24) is 5.32 Å². The van der Waals surface area contributed by atoms with E-state index in [9.17, 15) is 0 Å². The second-order valence-corrected chi connectivity index (χ2v) is 12.2. The Morgan fingerprint density at radius 2 is 1.10 bits per heavy atom. The first-order valence-electron chi connectivity index (χ1n) is 11.1. The molecule has 0 aliphatic heterocycles. The Labute approximate surface area is 181 Å². The molecule has 1 N–H and O–H groups in total. The number of hydrogen-bond acceptors (Lipinski definition) is 5. The van der Waals surface area contributed by atoms with Crippen LogP contribution in [-0.4, -0.2) is 59.9 Å². The monoisotopic (exact) mass is 417 g/mol. The van der Waals surface area contributed by atoms with E-state index in [0.717, 1.165) is 0 Å². The Bertz CT molecular complexity index is 411. The van der Waals surface area contributed by atoms with Gasteiger partial charge in [-0.3, -0.25) is 0 Å². The number of ether oxygens (including phenoxy) is 4. The van der Waals surface area contributed by atoms with Crippen LogP contribution in [-0.2, 0) is 18.9 Å². The van der Waals surface area contributed by atoms with E-state index < -0.39 is 0 Å². The summed E-state index contributed by atoms with van der Waals surface area (Å²) in [6, 6.07) is 0. The van der Waals surface area contributed by atoms with Gasteiger partial charge in [-0.1, -0.05) is 0 Å². The van der Waals surface area contributed by atoms with Crippen LogP contribution in [0.25, 0.3) is 0 Å². The van der Waals surface area contributed by atoms with Gasteiger partial charge in [0.15, 0.2) is 0 Å². The smallest absolute Gasteiger partial charge is 0.114 e. The van der Waals surface area contributed by atoms with Gasteiger partial charge >= 0.3 is 0 Å². The van der Waals surface area contributed by atoms with E-state index in [2.05, 4.69) is 102 Å². The van der Waals surface area contributed by atoms with Crippen LogP contribution in [0.4, 0.5) is 0 Å². The highest BCUT2D eigenvalue weighted by atomic mass is 16.6. The largest absolute Gasteiger partial charge is 0.373 e. The van der Waals surface area contributed by atoms with E-state index in [1.54, 1.807) is 0 Å². The Morgan fingerprint density at radius 3 is 1.45 bits per heavy atom. The quantitative estimate of drug-likeness (QED) is 0.519. The summed E-state index contributed by atoms with van der Waals surface area (Å²) >= 11 is 0. The lowest BCUT2D eigenvalue weighted by atomic mass is 10.0. The second kappa shape index (κ2) is 10.9. The maximum absolute atomic E-state index is 6.50. The van der Waals surface area contributed by atoms with Crippen LogP contribution >= 0.6 is 0 Å². The molecule has 29 heavy (non-hydrogen) atoms. The Hall–Kier alpha value is -0.200. The zero-order valence-electron chi connectivity index (χ0n) is 21.9. The van der Waals surface area contributed by atoms with Gasteiger partial charge in [0.2, 0.25) is 0 Å². The van der Waals surface area contributed by atoms with Crippen molar-refractivity contribution in [2.24, 2.45) is 0 Å². The van der Waals surface area contributed by atoms with Crippen molar-refractivity contribution in [3.8, 4) is 0 Å². The fraction of sp³-hybridized carbons (Fsp3) is 1.00. The third-order valence-electron chi connectivity index (χ3n) is 3.69. The number of nitrogens with one attached hydrogen (secondary N) is 1. The van der Waals surface area contributed by atoms with Gasteiger partial charge in [-0.2, -0.15) is 0 Å². The normalized spacial score (nSPS) is 17.5. The third kappa shape index (κ3) is 16.2. The lowest BCUT2D eigenvalue weighted by Gasteiger charge is -2.41. The van der Waals surface area contributed by atoms with E-state index in [4.69, 9.17) is 18.9 Å². The lowest BCUT2D eigenvalue weighted by molar-refractivity contribution is -0.218. The maximum atomic E-state index is 6.50. The summed E-state index contributed by atoms with van der Waals surface area (Å²) in [7, 11) is 0. The summed E-state index contributed by atoms with van der Waals surface area (Å²) in [5, 5.41) is 3.59. The van der Waals surface area contributed by atoms with Crippen molar-refractivity contribution in [2.45, 2.75) is 144 Å². The highest BCUT2D eigenvalue weighted by molar-refractivity contribution is 4.88. The summed E-state index contributed by atoms with van der Waals surface area (Å²) < 4.78 is 25.5. The fourth-order valence-electron chi connectivity index (χ4n) is 2.80. The van der Waals surface area contributed by atoms with E-state index in [0.29, 0.717) is 13.2 Å². The van der Waals surface area contributed by atoms with Crippen LogP contribution in [0.15, 0.2) is 0 Å². The van der Waals surface area contributed by atoms with Crippen LogP contribution < -0.4 is 5.32 Å². The number of hydrogen-bond donors (Lipinski definition) is 1.